The van der Waals surface area contributed by atoms with Crippen molar-refractivity contribution >= 4 is 9.84 Å². The van der Waals surface area contributed by atoms with Crippen molar-refractivity contribution in [1.82, 2.24) is 4.98 Å². The summed E-state index contributed by atoms with van der Waals surface area (Å²) in [6.45, 7) is 3.58. The highest BCUT2D eigenvalue weighted by atomic mass is 32.2. The van der Waals surface area contributed by atoms with Gasteiger partial charge in [-0.3, -0.25) is 4.98 Å². The highest BCUT2D eigenvalue weighted by molar-refractivity contribution is 7.91. The SMILES string of the molecule is CC(C)c1cncc(S(=O)(=O)CCO)c1. The third kappa shape index (κ3) is 3.00. The van der Waals surface area contributed by atoms with Crippen LogP contribution in [0.1, 0.15) is 25.3 Å². The lowest BCUT2D eigenvalue weighted by Crippen LogP contribution is -2.10. The van der Waals surface area contributed by atoms with E-state index in [0.717, 1.165) is 5.56 Å². The van der Waals surface area contributed by atoms with E-state index in [-0.39, 0.29) is 23.2 Å². The third-order valence-corrected chi connectivity index (χ3v) is 3.78. The van der Waals surface area contributed by atoms with Gasteiger partial charge >= 0.3 is 0 Å². The summed E-state index contributed by atoms with van der Waals surface area (Å²) >= 11 is 0. The average molecular weight is 229 g/mol. The number of pyridine rings is 1. The van der Waals surface area contributed by atoms with Crippen LogP contribution in [-0.2, 0) is 9.84 Å². The second-order valence-corrected chi connectivity index (χ2v) is 5.76. The van der Waals surface area contributed by atoms with E-state index in [9.17, 15) is 8.42 Å². The van der Waals surface area contributed by atoms with Crippen LogP contribution >= 0.6 is 0 Å². The first kappa shape index (κ1) is 12.1. The lowest BCUT2D eigenvalue weighted by molar-refractivity contribution is 0.319. The maximum Gasteiger partial charge on any atom is 0.182 e. The normalized spacial score (nSPS) is 12.0. The van der Waals surface area contributed by atoms with Crippen molar-refractivity contribution in [2.45, 2.75) is 24.7 Å². The molecule has 0 saturated heterocycles. The summed E-state index contributed by atoms with van der Waals surface area (Å²) in [5.41, 5.74) is 0.883. The Bertz CT molecular complexity index is 426. The van der Waals surface area contributed by atoms with E-state index in [0.29, 0.717) is 0 Å². The fourth-order valence-corrected chi connectivity index (χ4v) is 2.17. The van der Waals surface area contributed by atoms with Gasteiger partial charge < -0.3 is 5.11 Å². The Kier molecular flexibility index (Phi) is 3.82. The summed E-state index contributed by atoms with van der Waals surface area (Å²) in [6, 6.07) is 1.61. The molecule has 0 spiro atoms. The van der Waals surface area contributed by atoms with E-state index in [4.69, 9.17) is 5.11 Å². The number of sulfone groups is 1. The van der Waals surface area contributed by atoms with Gasteiger partial charge in [0.1, 0.15) is 0 Å². The number of aliphatic hydroxyl groups excluding tert-OH is 1. The molecule has 0 aliphatic carbocycles. The van der Waals surface area contributed by atoms with Crippen molar-refractivity contribution in [1.29, 1.82) is 0 Å². The zero-order chi connectivity index (χ0) is 11.5. The fourth-order valence-electron chi connectivity index (χ4n) is 1.16. The van der Waals surface area contributed by atoms with E-state index in [1.165, 1.54) is 6.20 Å². The van der Waals surface area contributed by atoms with Crippen molar-refractivity contribution in [3.63, 3.8) is 0 Å². The van der Waals surface area contributed by atoms with Gasteiger partial charge in [-0.25, -0.2) is 8.42 Å². The van der Waals surface area contributed by atoms with Gasteiger partial charge in [0.15, 0.2) is 9.84 Å². The van der Waals surface area contributed by atoms with E-state index in [2.05, 4.69) is 4.98 Å². The largest absolute Gasteiger partial charge is 0.395 e. The van der Waals surface area contributed by atoms with Crippen LogP contribution in [0.25, 0.3) is 0 Å². The first-order valence-corrected chi connectivity index (χ1v) is 6.41. The molecule has 0 aromatic carbocycles. The summed E-state index contributed by atoms with van der Waals surface area (Å²) < 4.78 is 23.2. The van der Waals surface area contributed by atoms with Crippen molar-refractivity contribution < 1.29 is 13.5 Å². The van der Waals surface area contributed by atoms with Gasteiger partial charge in [0.2, 0.25) is 0 Å². The monoisotopic (exact) mass is 229 g/mol. The zero-order valence-corrected chi connectivity index (χ0v) is 9.66. The summed E-state index contributed by atoms with van der Waals surface area (Å²) in [6.07, 6.45) is 2.97. The smallest absolute Gasteiger partial charge is 0.182 e. The van der Waals surface area contributed by atoms with E-state index in [1.807, 2.05) is 13.8 Å². The molecule has 1 aromatic heterocycles. The van der Waals surface area contributed by atoms with Crippen LogP contribution in [0.4, 0.5) is 0 Å². The number of hydrogen-bond acceptors (Lipinski definition) is 4. The van der Waals surface area contributed by atoms with Gasteiger partial charge in [-0.1, -0.05) is 13.8 Å². The molecule has 0 fully saturated rings. The van der Waals surface area contributed by atoms with Crippen molar-refractivity contribution in [2.24, 2.45) is 0 Å². The maximum atomic E-state index is 11.6. The number of rotatable bonds is 4. The topological polar surface area (TPSA) is 67.3 Å². The van der Waals surface area contributed by atoms with Crippen molar-refractivity contribution in [2.75, 3.05) is 12.4 Å². The van der Waals surface area contributed by atoms with Gasteiger partial charge in [-0.05, 0) is 17.5 Å². The van der Waals surface area contributed by atoms with E-state index in [1.54, 1.807) is 12.3 Å². The quantitative estimate of drug-likeness (QED) is 0.835. The number of aromatic nitrogens is 1. The molecule has 5 heteroatoms. The minimum atomic E-state index is -3.38. The molecule has 0 amide bonds. The Morgan fingerprint density at radius 1 is 1.40 bits per heavy atom. The molecule has 0 bridgehead atoms. The third-order valence-electron chi connectivity index (χ3n) is 2.12. The Hall–Kier alpha value is -0.940. The highest BCUT2D eigenvalue weighted by Gasteiger charge is 2.15. The second-order valence-electron chi connectivity index (χ2n) is 3.65. The second kappa shape index (κ2) is 4.72. The van der Waals surface area contributed by atoms with Crippen molar-refractivity contribution in [3.8, 4) is 0 Å². The molecule has 0 atom stereocenters. The molecule has 1 heterocycles. The Morgan fingerprint density at radius 2 is 2.07 bits per heavy atom. The molecule has 0 radical (unpaired) electrons. The molecule has 0 aliphatic rings. The van der Waals surface area contributed by atoms with Gasteiger partial charge in [0, 0.05) is 12.4 Å². The average Bonchev–Trinajstić information content (AvgIpc) is 2.18. The van der Waals surface area contributed by atoms with Crippen LogP contribution in [0.5, 0.6) is 0 Å². The van der Waals surface area contributed by atoms with Gasteiger partial charge in [-0.15, -0.1) is 0 Å². The molecule has 0 aliphatic heterocycles. The molecule has 84 valence electrons. The standard InChI is InChI=1S/C10H15NO3S/c1-8(2)9-5-10(7-11-6-9)15(13,14)4-3-12/h5-8,12H,3-4H2,1-2H3. The van der Waals surface area contributed by atoms with Crippen LogP contribution in [0, 0.1) is 0 Å². The first-order chi connectivity index (χ1) is 6.97. The van der Waals surface area contributed by atoms with Crippen LogP contribution in [0.3, 0.4) is 0 Å². The number of nitrogens with zero attached hydrogens (tertiary/aromatic N) is 1. The van der Waals surface area contributed by atoms with Crippen LogP contribution in [0.2, 0.25) is 0 Å². The molecule has 1 N–H and O–H groups in total. The Morgan fingerprint density at radius 3 is 2.60 bits per heavy atom. The Balaban J connectivity index is 3.11. The van der Waals surface area contributed by atoms with E-state index < -0.39 is 9.84 Å². The minimum absolute atomic E-state index is 0.183. The molecule has 1 aromatic rings. The van der Waals surface area contributed by atoms with Gasteiger partial charge in [-0.2, -0.15) is 0 Å². The summed E-state index contributed by atoms with van der Waals surface area (Å²) in [5.74, 6) is -0.0160. The molecular weight excluding hydrogens is 214 g/mol. The van der Waals surface area contributed by atoms with Crippen LogP contribution in [-0.4, -0.2) is 30.9 Å². The number of hydrogen-bond donors (Lipinski definition) is 1. The highest BCUT2D eigenvalue weighted by Crippen LogP contribution is 2.17. The zero-order valence-electron chi connectivity index (χ0n) is 8.84. The predicted molar refractivity (Wildman–Crippen MR) is 57.5 cm³/mol. The summed E-state index contributed by atoms with van der Waals surface area (Å²) in [7, 11) is -3.38. The minimum Gasteiger partial charge on any atom is -0.395 e. The first-order valence-electron chi connectivity index (χ1n) is 4.76. The summed E-state index contributed by atoms with van der Waals surface area (Å²) in [5, 5.41) is 8.64. The van der Waals surface area contributed by atoms with Crippen LogP contribution < -0.4 is 0 Å². The van der Waals surface area contributed by atoms with Crippen molar-refractivity contribution in [3.05, 3.63) is 24.0 Å². The lowest BCUT2D eigenvalue weighted by Gasteiger charge is -2.07. The molecule has 0 unspecified atom stereocenters. The molecule has 0 saturated carbocycles. The predicted octanol–water partition coefficient (Wildman–Crippen LogP) is 0.971. The lowest BCUT2D eigenvalue weighted by atomic mass is 10.1. The van der Waals surface area contributed by atoms with E-state index >= 15 is 0 Å². The summed E-state index contributed by atoms with van der Waals surface area (Å²) in [4.78, 5) is 4.08. The maximum absolute atomic E-state index is 11.6. The molecule has 15 heavy (non-hydrogen) atoms. The molecule has 1 rings (SSSR count). The Labute approximate surface area is 89.9 Å². The molecule has 4 nitrogen and oxygen atoms in total. The molecular formula is C10H15NO3S. The number of aliphatic hydroxyl groups is 1. The van der Waals surface area contributed by atoms with Gasteiger partial charge in [0.05, 0.1) is 17.3 Å². The van der Waals surface area contributed by atoms with Gasteiger partial charge in [0.25, 0.3) is 0 Å². The fraction of sp³-hybridized carbons (Fsp3) is 0.500. The van der Waals surface area contributed by atoms with Crippen LogP contribution in [0.15, 0.2) is 23.4 Å².